The molecule has 1 aliphatic rings. The fourth-order valence-electron chi connectivity index (χ4n) is 2.57. The summed E-state index contributed by atoms with van der Waals surface area (Å²) in [6.45, 7) is 0. The van der Waals surface area contributed by atoms with Crippen LogP contribution in [0.3, 0.4) is 0 Å². The summed E-state index contributed by atoms with van der Waals surface area (Å²) in [6.07, 6.45) is 6.08. The SMILES string of the molecule is O=C(NC1CCCC1)c1ccnc(Nc2cccc(Br)c2)n1. The predicted molar refractivity (Wildman–Crippen MR) is 89.2 cm³/mol. The molecule has 6 heteroatoms. The van der Waals surface area contributed by atoms with E-state index in [4.69, 9.17) is 0 Å². The second-order valence-corrected chi connectivity index (χ2v) is 6.27. The van der Waals surface area contributed by atoms with Crippen molar-refractivity contribution in [2.75, 3.05) is 5.32 Å². The van der Waals surface area contributed by atoms with Gasteiger partial charge >= 0.3 is 0 Å². The number of amides is 1. The lowest BCUT2D eigenvalue weighted by Crippen LogP contribution is -2.33. The van der Waals surface area contributed by atoms with Gasteiger partial charge in [-0.15, -0.1) is 0 Å². The Labute approximate surface area is 137 Å². The molecule has 0 unspecified atom stereocenters. The van der Waals surface area contributed by atoms with E-state index in [2.05, 4.69) is 36.5 Å². The van der Waals surface area contributed by atoms with Crippen molar-refractivity contribution in [2.24, 2.45) is 0 Å². The Morgan fingerprint density at radius 1 is 1.23 bits per heavy atom. The summed E-state index contributed by atoms with van der Waals surface area (Å²) in [5.41, 5.74) is 1.25. The molecule has 1 aromatic carbocycles. The van der Waals surface area contributed by atoms with Crippen LogP contribution in [0.5, 0.6) is 0 Å². The zero-order chi connectivity index (χ0) is 15.4. The maximum atomic E-state index is 12.2. The fourth-order valence-corrected chi connectivity index (χ4v) is 2.97. The van der Waals surface area contributed by atoms with Crippen molar-refractivity contribution < 1.29 is 4.79 Å². The fraction of sp³-hybridized carbons (Fsp3) is 0.312. The van der Waals surface area contributed by atoms with Crippen molar-refractivity contribution in [1.82, 2.24) is 15.3 Å². The lowest BCUT2D eigenvalue weighted by atomic mass is 10.2. The molecule has 1 heterocycles. The second-order valence-electron chi connectivity index (χ2n) is 5.36. The van der Waals surface area contributed by atoms with Crippen LogP contribution in [0.4, 0.5) is 11.6 Å². The van der Waals surface area contributed by atoms with E-state index in [1.54, 1.807) is 12.3 Å². The highest BCUT2D eigenvalue weighted by Gasteiger charge is 2.18. The molecule has 1 fully saturated rings. The van der Waals surface area contributed by atoms with Crippen molar-refractivity contribution in [3.05, 3.63) is 46.7 Å². The Kier molecular flexibility index (Phi) is 4.68. The quantitative estimate of drug-likeness (QED) is 0.872. The number of rotatable bonds is 4. The number of anilines is 2. The summed E-state index contributed by atoms with van der Waals surface area (Å²) >= 11 is 3.42. The first-order valence-electron chi connectivity index (χ1n) is 7.37. The number of carbonyl (C=O) groups is 1. The molecule has 114 valence electrons. The molecule has 22 heavy (non-hydrogen) atoms. The van der Waals surface area contributed by atoms with E-state index in [0.717, 1.165) is 23.0 Å². The molecule has 2 aromatic rings. The van der Waals surface area contributed by atoms with Crippen LogP contribution < -0.4 is 10.6 Å². The van der Waals surface area contributed by atoms with Gasteiger partial charge in [0.05, 0.1) is 0 Å². The first kappa shape index (κ1) is 15.0. The molecule has 2 N–H and O–H groups in total. The van der Waals surface area contributed by atoms with Crippen LogP contribution in [0.25, 0.3) is 0 Å². The first-order chi connectivity index (χ1) is 10.7. The van der Waals surface area contributed by atoms with Crippen LogP contribution >= 0.6 is 15.9 Å². The molecule has 1 amide bonds. The molecular weight excluding hydrogens is 344 g/mol. The molecule has 0 bridgehead atoms. The van der Waals surface area contributed by atoms with Crippen LogP contribution in [0.15, 0.2) is 41.0 Å². The van der Waals surface area contributed by atoms with Crippen molar-refractivity contribution in [2.45, 2.75) is 31.7 Å². The summed E-state index contributed by atoms with van der Waals surface area (Å²) in [5.74, 6) is 0.281. The Bertz CT molecular complexity index is 671. The van der Waals surface area contributed by atoms with Crippen LogP contribution in [0.2, 0.25) is 0 Å². The van der Waals surface area contributed by atoms with Crippen LogP contribution in [-0.2, 0) is 0 Å². The van der Waals surface area contributed by atoms with Gasteiger partial charge < -0.3 is 10.6 Å². The molecule has 0 radical (unpaired) electrons. The van der Waals surface area contributed by atoms with Crippen LogP contribution in [0.1, 0.15) is 36.2 Å². The second kappa shape index (κ2) is 6.87. The minimum absolute atomic E-state index is 0.133. The third-order valence-electron chi connectivity index (χ3n) is 3.66. The zero-order valence-corrected chi connectivity index (χ0v) is 13.6. The molecule has 0 aliphatic heterocycles. The van der Waals surface area contributed by atoms with Gasteiger partial charge in [-0.25, -0.2) is 9.97 Å². The van der Waals surface area contributed by atoms with E-state index in [0.29, 0.717) is 11.6 Å². The van der Waals surface area contributed by atoms with Gasteiger partial charge in [-0.05, 0) is 37.1 Å². The summed E-state index contributed by atoms with van der Waals surface area (Å²) in [7, 11) is 0. The van der Waals surface area contributed by atoms with Gasteiger partial charge in [0.1, 0.15) is 5.69 Å². The van der Waals surface area contributed by atoms with Crippen molar-refractivity contribution in [3.8, 4) is 0 Å². The molecule has 0 atom stereocenters. The van der Waals surface area contributed by atoms with Gasteiger partial charge in [0.2, 0.25) is 5.95 Å². The number of nitrogens with one attached hydrogen (secondary N) is 2. The number of benzene rings is 1. The Hall–Kier alpha value is -1.95. The lowest BCUT2D eigenvalue weighted by Gasteiger charge is -2.12. The maximum Gasteiger partial charge on any atom is 0.270 e. The van der Waals surface area contributed by atoms with E-state index in [1.807, 2.05) is 24.3 Å². The average molecular weight is 361 g/mol. The van der Waals surface area contributed by atoms with Gasteiger partial charge in [-0.3, -0.25) is 4.79 Å². The molecule has 5 nitrogen and oxygen atoms in total. The van der Waals surface area contributed by atoms with E-state index in [9.17, 15) is 4.79 Å². The molecule has 0 saturated heterocycles. The minimum atomic E-state index is -0.133. The third-order valence-corrected chi connectivity index (χ3v) is 4.15. The summed E-state index contributed by atoms with van der Waals surface area (Å²) in [6, 6.07) is 9.62. The van der Waals surface area contributed by atoms with Gasteiger partial charge in [0.15, 0.2) is 0 Å². The maximum absolute atomic E-state index is 12.2. The van der Waals surface area contributed by atoms with Gasteiger partial charge in [0.25, 0.3) is 5.91 Å². The summed E-state index contributed by atoms with van der Waals surface area (Å²) < 4.78 is 0.965. The Balaban J connectivity index is 1.70. The largest absolute Gasteiger partial charge is 0.348 e. The summed E-state index contributed by atoms with van der Waals surface area (Å²) in [4.78, 5) is 20.7. The van der Waals surface area contributed by atoms with Gasteiger partial charge in [-0.1, -0.05) is 34.8 Å². The minimum Gasteiger partial charge on any atom is -0.348 e. The lowest BCUT2D eigenvalue weighted by molar-refractivity contribution is 0.0933. The smallest absolute Gasteiger partial charge is 0.270 e. The normalized spacial score (nSPS) is 14.8. The molecule has 1 aromatic heterocycles. The first-order valence-corrected chi connectivity index (χ1v) is 8.16. The molecule has 1 saturated carbocycles. The molecule has 3 rings (SSSR count). The highest BCUT2D eigenvalue weighted by molar-refractivity contribution is 9.10. The number of hydrogen-bond donors (Lipinski definition) is 2. The van der Waals surface area contributed by atoms with E-state index in [-0.39, 0.29) is 11.9 Å². The Morgan fingerprint density at radius 2 is 2.05 bits per heavy atom. The number of carbonyl (C=O) groups excluding carboxylic acids is 1. The molecule has 0 spiro atoms. The topological polar surface area (TPSA) is 66.9 Å². The average Bonchev–Trinajstić information content (AvgIpc) is 3.00. The Morgan fingerprint density at radius 3 is 2.82 bits per heavy atom. The number of halogens is 1. The van der Waals surface area contributed by atoms with E-state index >= 15 is 0 Å². The van der Waals surface area contributed by atoms with Crippen LogP contribution in [0, 0.1) is 0 Å². The van der Waals surface area contributed by atoms with Crippen molar-refractivity contribution >= 4 is 33.5 Å². The van der Waals surface area contributed by atoms with E-state index < -0.39 is 0 Å². The number of hydrogen-bond acceptors (Lipinski definition) is 4. The molecule has 1 aliphatic carbocycles. The van der Waals surface area contributed by atoms with Crippen molar-refractivity contribution in [3.63, 3.8) is 0 Å². The van der Waals surface area contributed by atoms with E-state index in [1.165, 1.54) is 12.8 Å². The highest BCUT2D eigenvalue weighted by Crippen LogP contribution is 2.19. The highest BCUT2D eigenvalue weighted by atomic mass is 79.9. The standard InChI is InChI=1S/C16H17BrN4O/c17-11-4-3-7-13(10-11)20-16-18-9-8-14(21-16)15(22)19-12-5-1-2-6-12/h3-4,7-10,12H,1-2,5-6H2,(H,19,22)(H,18,20,21). The van der Waals surface area contributed by atoms with Gasteiger partial charge in [0, 0.05) is 22.4 Å². The zero-order valence-electron chi connectivity index (χ0n) is 12.1. The monoisotopic (exact) mass is 360 g/mol. The number of nitrogens with zero attached hydrogens (tertiary/aromatic N) is 2. The third kappa shape index (κ3) is 3.82. The summed E-state index contributed by atoms with van der Waals surface area (Å²) in [5, 5.41) is 6.13. The van der Waals surface area contributed by atoms with Crippen molar-refractivity contribution in [1.29, 1.82) is 0 Å². The van der Waals surface area contributed by atoms with Crippen LogP contribution in [-0.4, -0.2) is 21.9 Å². The van der Waals surface area contributed by atoms with Gasteiger partial charge in [-0.2, -0.15) is 0 Å². The predicted octanol–water partition coefficient (Wildman–Crippen LogP) is 3.66. The molecular formula is C16H17BrN4O. The number of aromatic nitrogens is 2.